The third kappa shape index (κ3) is 8.74. The van der Waals surface area contributed by atoms with Gasteiger partial charge in [-0.3, -0.25) is 0 Å². The van der Waals surface area contributed by atoms with E-state index in [0.717, 1.165) is 5.57 Å². The molecular weight excluding hydrogens is 386 g/mol. The molecule has 13 heavy (non-hydrogen) atoms. The van der Waals surface area contributed by atoms with E-state index >= 15 is 0 Å². The average molecular weight is 402 g/mol. The first-order valence-corrected chi connectivity index (χ1v) is 10.4. The molecule has 0 unspecified atom stereocenters. The van der Waals surface area contributed by atoms with Crippen molar-refractivity contribution in [3.05, 3.63) is 42.5 Å². The first kappa shape index (κ1) is 15.9. The maximum Gasteiger partial charge on any atom is 0 e. The predicted molar refractivity (Wildman–Crippen MR) is 80.5 cm³/mol. The molecule has 1 aromatic rings. The van der Waals surface area contributed by atoms with Gasteiger partial charge in [0.2, 0.25) is 0 Å². The molecule has 0 heterocycles. The van der Waals surface area contributed by atoms with Gasteiger partial charge < -0.3 is 0 Å². The summed E-state index contributed by atoms with van der Waals surface area (Å²) in [5.41, 5.74) is 2.34. The van der Waals surface area contributed by atoms with Crippen molar-refractivity contribution < 1.29 is 0 Å². The van der Waals surface area contributed by atoms with Gasteiger partial charge in [-0.2, -0.15) is 0 Å². The molecule has 1 rings (SSSR count). The van der Waals surface area contributed by atoms with Crippen LogP contribution in [0.1, 0.15) is 26.3 Å². The van der Waals surface area contributed by atoms with Crippen molar-refractivity contribution in [3.63, 3.8) is 0 Å². The molecule has 74 valence electrons. The molecule has 0 bridgehead atoms. The highest BCUT2D eigenvalue weighted by Gasteiger charge is 1.86. The van der Waals surface area contributed by atoms with Crippen molar-refractivity contribution in [3.8, 4) is 0 Å². The molecular formula is C11H16I2. The molecule has 0 fully saturated rings. The van der Waals surface area contributed by atoms with Crippen LogP contribution in [0.3, 0.4) is 0 Å². The summed E-state index contributed by atoms with van der Waals surface area (Å²) < 4.78 is 0. The number of benzene rings is 1. The highest BCUT2D eigenvalue weighted by Crippen LogP contribution is 2.08. The molecule has 0 saturated carbocycles. The summed E-state index contributed by atoms with van der Waals surface area (Å²) in [7, 11) is 0. The van der Waals surface area contributed by atoms with Gasteiger partial charge in [0.1, 0.15) is 0 Å². The molecule has 0 radical (unpaired) electrons. The number of allylic oxidation sites excluding steroid dienone is 1. The van der Waals surface area contributed by atoms with Crippen LogP contribution in [0.25, 0.3) is 5.57 Å². The summed E-state index contributed by atoms with van der Waals surface area (Å²) in [6, 6.07) is 10.2. The molecule has 2 heteroatoms. The Morgan fingerprint density at radius 2 is 1.46 bits per heavy atom. The molecule has 0 aromatic heterocycles. The molecule has 0 atom stereocenters. The van der Waals surface area contributed by atoms with Crippen molar-refractivity contribution in [1.82, 2.24) is 0 Å². The Balaban J connectivity index is 0. The van der Waals surface area contributed by atoms with E-state index in [4.69, 9.17) is 0 Å². The quantitative estimate of drug-likeness (QED) is 0.543. The Labute approximate surface area is 105 Å². The van der Waals surface area contributed by atoms with Gasteiger partial charge in [-0.1, -0.05) is 56.3 Å². The normalized spacial score (nSPS) is 7.15. The monoisotopic (exact) mass is 402 g/mol. The Morgan fingerprint density at radius 3 is 1.69 bits per heavy atom. The lowest BCUT2D eigenvalue weighted by Gasteiger charge is -1.94. The SMILES string of the molecule is C=C(C)c1ccccc1.CC.II. The lowest BCUT2D eigenvalue weighted by atomic mass is 10.1. The average Bonchev–Trinajstić information content (AvgIpc) is 2.25. The van der Waals surface area contributed by atoms with Crippen molar-refractivity contribution in [2.24, 2.45) is 0 Å². The Bertz CT molecular complexity index is 205. The maximum absolute atomic E-state index is 3.83. The molecule has 0 nitrogen and oxygen atoms in total. The van der Waals surface area contributed by atoms with Gasteiger partial charge in [-0.15, -0.1) is 0 Å². The second-order valence-corrected chi connectivity index (χ2v) is 2.15. The van der Waals surface area contributed by atoms with Crippen LogP contribution in [0.2, 0.25) is 0 Å². The smallest absolute Gasteiger partial charge is 0 e. The van der Waals surface area contributed by atoms with Crippen LogP contribution in [0.4, 0.5) is 0 Å². The largest absolute Gasteiger partial charge is 0.0955 e. The molecule has 0 spiro atoms. The van der Waals surface area contributed by atoms with Crippen molar-refractivity contribution in [2.75, 3.05) is 0 Å². The van der Waals surface area contributed by atoms with Crippen LogP contribution in [0, 0.1) is 0 Å². The minimum Gasteiger partial charge on any atom is -0.0955 e. The van der Waals surface area contributed by atoms with E-state index in [9.17, 15) is 0 Å². The summed E-state index contributed by atoms with van der Waals surface area (Å²) >= 11 is 4.24. The minimum atomic E-state index is 1.12. The number of hydrogen-bond donors (Lipinski definition) is 0. The summed E-state index contributed by atoms with van der Waals surface area (Å²) in [6.07, 6.45) is 0. The van der Waals surface area contributed by atoms with E-state index < -0.39 is 0 Å². The van der Waals surface area contributed by atoms with E-state index in [1.54, 1.807) is 0 Å². The van der Waals surface area contributed by atoms with Crippen LogP contribution in [0.15, 0.2) is 36.9 Å². The molecule has 1 aromatic carbocycles. The van der Waals surface area contributed by atoms with Gasteiger partial charge in [-0.25, -0.2) is 0 Å². The Morgan fingerprint density at radius 1 is 1.08 bits per heavy atom. The van der Waals surface area contributed by atoms with E-state index in [0.29, 0.717) is 0 Å². The van der Waals surface area contributed by atoms with Crippen molar-refractivity contribution >= 4 is 42.8 Å². The molecule has 0 amide bonds. The van der Waals surface area contributed by atoms with E-state index in [2.05, 4.69) is 55.9 Å². The number of hydrogen-bond acceptors (Lipinski definition) is 0. The maximum atomic E-state index is 3.83. The fraction of sp³-hybridized carbons (Fsp3) is 0.273. The highest BCUT2D eigenvalue weighted by molar-refractivity contribution is 15.0. The minimum absolute atomic E-state index is 1.12. The molecule has 0 N–H and O–H groups in total. The predicted octanol–water partition coefficient (Wildman–Crippen LogP) is 5.52. The standard InChI is InChI=1S/C9H10.C2H6.I2/c1-8(2)9-6-4-3-5-7-9;2*1-2/h3-7H,1H2,2H3;1-2H3;. The van der Waals surface area contributed by atoms with E-state index in [1.807, 2.05) is 39.0 Å². The summed E-state index contributed by atoms with van der Waals surface area (Å²) in [4.78, 5) is 0. The Kier molecular flexibility index (Phi) is 15.2. The van der Waals surface area contributed by atoms with Gasteiger partial charge in [0, 0.05) is 37.2 Å². The zero-order valence-electron chi connectivity index (χ0n) is 8.35. The van der Waals surface area contributed by atoms with Gasteiger partial charge >= 0.3 is 0 Å². The molecule has 0 aliphatic rings. The van der Waals surface area contributed by atoms with Crippen LogP contribution in [-0.4, -0.2) is 0 Å². The zero-order valence-corrected chi connectivity index (χ0v) is 12.7. The van der Waals surface area contributed by atoms with Gasteiger partial charge in [-0.05, 0) is 12.5 Å². The lowest BCUT2D eigenvalue weighted by molar-refractivity contribution is 1.50. The van der Waals surface area contributed by atoms with Crippen LogP contribution in [-0.2, 0) is 0 Å². The van der Waals surface area contributed by atoms with Crippen molar-refractivity contribution in [2.45, 2.75) is 20.8 Å². The summed E-state index contributed by atoms with van der Waals surface area (Å²) in [5, 5.41) is 0. The third-order valence-electron chi connectivity index (χ3n) is 1.27. The summed E-state index contributed by atoms with van der Waals surface area (Å²) in [5.74, 6) is 0. The second kappa shape index (κ2) is 12.4. The van der Waals surface area contributed by atoms with Gasteiger partial charge in [0.25, 0.3) is 0 Å². The van der Waals surface area contributed by atoms with Crippen LogP contribution < -0.4 is 0 Å². The number of halogens is 2. The summed E-state index contributed by atoms with van der Waals surface area (Å²) in [6.45, 7) is 9.83. The topological polar surface area (TPSA) is 0 Å². The lowest BCUT2D eigenvalue weighted by Crippen LogP contribution is -1.72. The van der Waals surface area contributed by atoms with Crippen molar-refractivity contribution in [1.29, 1.82) is 0 Å². The zero-order chi connectivity index (χ0) is 10.7. The van der Waals surface area contributed by atoms with E-state index in [1.165, 1.54) is 5.56 Å². The van der Waals surface area contributed by atoms with Gasteiger partial charge in [0.05, 0.1) is 0 Å². The fourth-order valence-corrected chi connectivity index (χ4v) is 0.723. The van der Waals surface area contributed by atoms with Crippen LogP contribution in [0.5, 0.6) is 0 Å². The van der Waals surface area contributed by atoms with E-state index in [-0.39, 0.29) is 0 Å². The van der Waals surface area contributed by atoms with Gasteiger partial charge in [0.15, 0.2) is 0 Å². The Hall–Kier alpha value is 0.420. The van der Waals surface area contributed by atoms with Crippen LogP contribution >= 0.6 is 37.2 Å². The first-order valence-electron chi connectivity index (χ1n) is 4.16. The second-order valence-electron chi connectivity index (χ2n) is 2.15. The number of rotatable bonds is 1. The third-order valence-corrected chi connectivity index (χ3v) is 1.27. The molecule has 0 aliphatic carbocycles. The first-order chi connectivity index (χ1) is 6.30. The fourth-order valence-electron chi connectivity index (χ4n) is 0.723. The molecule has 0 saturated heterocycles. The highest BCUT2D eigenvalue weighted by atomic mass is 128. The molecule has 0 aliphatic heterocycles.